The standard InChI is InChI=1S/C21H22N4O5S3/c1-15-5-7-18(8-6-15)33(29,30)24-14-21(31-9-10-32-21)12-19(24)20(26)23-22-13-16-3-2-4-17(11-16)25(27)28/h2-8,11,13,19H,9-10,12,14H2,1H3,(H,23,26)/b22-13+/t19-/m0/s1. The summed E-state index contributed by atoms with van der Waals surface area (Å²) in [6.07, 6.45) is 1.68. The molecule has 9 nitrogen and oxygen atoms in total. The predicted octanol–water partition coefficient (Wildman–Crippen LogP) is 2.99. The summed E-state index contributed by atoms with van der Waals surface area (Å²) in [6, 6.07) is 11.5. The number of nitrogens with zero attached hydrogens (tertiary/aromatic N) is 3. The van der Waals surface area contributed by atoms with E-state index in [1.165, 1.54) is 28.7 Å². The number of nitrogens with one attached hydrogen (secondary N) is 1. The Kier molecular flexibility index (Phi) is 6.80. The van der Waals surface area contributed by atoms with Crippen LogP contribution in [-0.2, 0) is 14.8 Å². The van der Waals surface area contributed by atoms with E-state index in [2.05, 4.69) is 10.5 Å². The zero-order chi connectivity index (χ0) is 23.6. The molecule has 2 saturated heterocycles. The molecule has 2 aliphatic rings. The number of thioether (sulfide) groups is 2. The molecule has 174 valence electrons. The van der Waals surface area contributed by atoms with Gasteiger partial charge in [-0.2, -0.15) is 9.41 Å². The van der Waals surface area contributed by atoms with Gasteiger partial charge >= 0.3 is 0 Å². The van der Waals surface area contributed by atoms with E-state index in [1.807, 2.05) is 6.92 Å². The van der Waals surface area contributed by atoms with Crippen molar-refractivity contribution < 1.29 is 18.1 Å². The van der Waals surface area contributed by atoms with E-state index in [0.29, 0.717) is 12.0 Å². The lowest BCUT2D eigenvalue weighted by atomic mass is 10.2. The third-order valence-corrected chi connectivity index (χ3v) is 10.8. The number of nitro benzene ring substituents is 1. The van der Waals surface area contributed by atoms with Crippen LogP contribution in [0, 0.1) is 17.0 Å². The van der Waals surface area contributed by atoms with Crippen LogP contribution in [0.5, 0.6) is 0 Å². The first-order chi connectivity index (χ1) is 15.7. The molecule has 1 atom stereocenters. The van der Waals surface area contributed by atoms with Crippen LogP contribution < -0.4 is 5.43 Å². The van der Waals surface area contributed by atoms with Gasteiger partial charge in [-0.25, -0.2) is 13.8 Å². The summed E-state index contributed by atoms with van der Waals surface area (Å²) in [5.41, 5.74) is 3.72. The van der Waals surface area contributed by atoms with Crippen LogP contribution in [-0.4, -0.2) is 57.9 Å². The molecule has 0 radical (unpaired) electrons. The third kappa shape index (κ3) is 5.08. The van der Waals surface area contributed by atoms with E-state index in [1.54, 1.807) is 53.9 Å². The Morgan fingerprint density at radius 2 is 1.94 bits per heavy atom. The van der Waals surface area contributed by atoms with Gasteiger partial charge in [-0.05, 0) is 25.5 Å². The van der Waals surface area contributed by atoms with Crippen LogP contribution in [0.2, 0.25) is 0 Å². The van der Waals surface area contributed by atoms with Gasteiger partial charge in [0.15, 0.2) is 0 Å². The molecule has 12 heteroatoms. The molecular weight excluding hydrogens is 484 g/mol. The van der Waals surface area contributed by atoms with Crippen molar-refractivity contribution in [2.75, 3.05) is 18.1 Å². The summed E-state index contributed by atoms with van der Waals surface area (Å²) in [6.45, 7) is 2.12. The number of aryl methyl sites for hydroxylation is 1. The van der Waals surface area contributed by atoms with Crippen molar-refractivity contribution in [2.45, 2.75) is 28.4 Å². The fourth-order valence-electron chi connectivity index (χ4n) is 3.80. The monoisotopic (exact) mass is 506 g/mol. The summed E-state index contributed by atoms with van der Waals surface area (Å²) < 4.78 is 27.8. The van der Waals surface area contributed by atoms with Gasteiger partial charge in [0, 0.05) is 35.7 Å². The minimum absolute atomic E-state index is 0.0892. The lowest BCUT2D eigenvalue weighted by Crippen LogP contribution is -2.44. The molecule has 0 bridgehead atoms. The molecule has 2 aromatic carbocycles. The zero-order valence-electron chi connectivity index (χ0n) is 17.7. The molecule has 2 heterocycles. The summed E-state index contributed by atoms with van der Waals surface area (Å²) in [5, 5.41) is 14.8. The molecule has 1 spiro atoms. The molecule has 2 fully saturated rings. The van der Waals surface area contributed by atoms with Gasteiger partial charge in [0.05, 0.1) is 20.1 Å². The minimum atomic E-state index is -3.89. The van der Waals surface area contributed by atoms with Crippen molar-refractivity contribution in [2.24, 2.45) is 5.10 Å². The van der Waals surface area contributed by atoms with Gasteiger partial charge in [0.2, 0.25) is 10.0 Å². The molecule has 1 amide bonds. The number of hydrogen-bond donors (Lipinski definition) is 1. The second-order valence-electron chi connectivity index (χ2n) is 7.78. The first kappa shape index (κ1) is 23.7. The van der Waals surface area contributed by atoms with Gasteiger partial charge < -0.3 is 0 Å². The Labute approximate surface area is 200 Å². The van der Waals surface area contributed by atoms with Crippen LogP contribution >= 0.6 is 23.5 Å². The van der Waals surface area contributed by atoms with Gasteiger partial charge in [-0.3, -0.25) is 14.9 Å². The number of non-ortho nitro benzene ring substituents is 1. The van der Waals surface area contributed by atoms with Gasteiger partial charge in [0.1, 0.15) is 6.04 Å². The highest BCUT2D eigenvalue weighted by Crippen LogP contribution is 2.52. The number of amides is 1. The molecular formula is C21H22N4O5S3. The molecule has 0 unspecified atom stereocenters. The number of rotatable bonds is 6. The molecule has 33 heavy (non-hydrogen) atoms. The molecule has 2 aromatic rings. The quantitative estimate of drug-likeness (QED) is 0.363. The number of carbonyl (C=O) groups is 1. The van der Waals surface area contributed by atoms with Crippen LogP contribution in [0.15, 0.2) is 58.5 Å². The van der Waals surface area contributed by atoms with Crippen molar-refractivity contribution in [3.8, 4) is 0 Å². The number of hydrogen-bond acceptors (Lipinski definition) is 8. The Morgan fingerprint density at radius 1 is 1.24 bits per heavy atom. The first-order valence-electron chi connectivity index (χ1n) is 10.1. The second-order valence-corrected chi connectivity index (χ2v) is 12.9. The van der Waals surface area contributed by atoms with E-state index in [0.717, 1.165) is 17.1 Å². The zero-order valence-corrected chi connectivity index (χ0v) is 20.2. The highest BCUT2D eigenvalue weighted by Gasteiger charge is 2.53. The average molecular weight is 507 g/mol. The van der Waals surface area contributed by atoms with E-state index in [-0.39, 0.29) is 21.2 Å². The van der Waals surface area contributed by atoms with Crippen molar-refractivity contribution in [1.29, 1.82) is 0 Å². The van der Waals surface area contributed by atoms with Crippen LogP contribution in [0.25, 0.3) is 0 Å². The first-order valence-corrected chi connectivity index (χ1v) is 13.6. The summed E-state index contributed by atoms with van der Waals surface area (Å²) in [5.74, 6) is 1.28. The Bertz CT molecular complexity index is 1190. The molecule has 4 rings (SSSR count). The Morgan fingerprint density at radius 3 is 2.61 bits per heavy atom. The topological polar surface area (TPSA) is 122 Å². The normalized spacial score (nSPS) is 20.5. The average Bonchev–Trinajstić information content (AvgIpc) is 3.42. The summed E-state index contributed by atoms with van der Waals surface area (Å²) in [4.78, 5) is 23.6. The van der Waals surface area contributed by atoms with Crippen LogP contribution in [0.1, 0.15) is 17.5 Å². The fourth-order valence-corrected chi connectivity index (χ4v) is 8.87. The summed E-state index contributed by atoms with van der Waals surface area (Å²) in [7, 11) is -3.89. The Balaban J connectivity index is 1.55. The van der Waals surface area contributed by atoms with Gasteiger partial charge in [0.25, 0.3) is 11.6 Å². The lowest BCUT2D eigenvalue weighted by molar-refractivity contribution is -0.384. The van der Waals surface area contributed by atoms with E-state index in [9.17, 15) is 23.3 Å². The maximum Gasteiger partial charge on any atom is 0.270 e. The molecule has 0 aromatic heterocycles. The maximum absolute atomic E-state index is 13.4. The largest absolute Gasteiger partial charge is 0.271 e. The smallest absolute Gasteiger partial charge is 0.270 e. The fraction of sp³-hybridized carbons (Fsp3) is 0.333. The third-order valence-electron chi connectivity index (χ3n) is 5.46. The number of carbonyl (C=O) groups excluding carboxylic acids is 1. The summed E-state index contributed by atoms with van der Waals surface area (Å²) >= 11 is 3.38. The highest BCUT2D eigenvalue weighted by atomic mass is 32.2. The highest BCUT2D eigenvalue weighted by molar-refractivity contribution is 8.21. The van der Waals surface area contributed by atoms with E-state index >= 15 is 0 Å². The van der Waals surface area contributed by atoms with Crippen molar-refractivity contribution in [3.05, 3.63) is 69.8 Å². The SMILES string of the molecule is Cc1ccc(S(=O)(=O)N2CC3(C[C@H]2C(=O)N/N=C/c2cccc([N+](=O)[O-])c2)SCCS3)cc1. The number of sulfonamides is 1. The van der Waals surface area contributed by atoms with Crippen LogP contribution in [0.4, 0.5) is 5.69 Å². The molecule has 0 aliphatic carbocycles. The second kappa shape index (κ2) is 9.45. The van der Waals surface area contributed by atoms with Crippen LogP contribution in [0.3, 0.4) is 0 Å². The molecule has 2 aliphatic heterocycles. The molecule has 1 N–H and O–H groups in total. The number of hydrazone groups is 1. The molecule has 0 saturated carbocycles. The van der Waals surface area contributed by atoms with Gasteiger partial charge in [-0.1, -0.05) is 29.8 Å². The Hall–Kier alpha value is -2.41. The van der Waals surface area contributed by atoms with Crippen molar-refractivity contribution in [1.82, 2.24) is 9.73 Å². The van der Waals surface area contributed by atoms with Crippen molar-refractivity contribution >= 4 is 51.4 Å². The van der Waals surface area contributed by atoms with E-state index < -0.39 is 26.9 Å². The minimum Gasteiger partial charge on any atom is -0.271 e. The number of nitro groups is 1. The van der Waals surface area contributed by atoms with Crippen molar-refractivity contribution in [3.63, 3.8) is 0 Å². The maximum atomic E-state index is 13.4. The van der Waals surface area contributed by atoms with E-state index in [4.69, 9.17) is 0 Å². The lowest BCUT2D eigenvalue weighted by Gasteiger charge is -2.23. The van der Waals surface area contributed by atoms with Gasteiger partial charge in [-0.15, -0.1) is 23.5 Å². The predicted molar refractivity (Wildman–Crippen MR) is 130 cm³/mol. The number of benzene rings is 2.